The van der Waals surface area contributed by atoms with Gasteiger partial charge in [-0.05, 0) is 6.92 Å². The summed E-state index contributed by atoms with van der Waals surface area (Å²) in [6, 6.07) is -2.14. The van der Waals surface area contributed by atoms with Crippen LogP contribution >= 0.6 is 0 Å². The van der Waals surface area contributed by atoms with E-state index in [2.05, 4.69) is 4.74 Å². The van der Waals surface area contributed by atoms with E-state index in [0.717, 1.165) is 0 Å². The van der Waals surface area contributed by atoms with Crippen LogP contribution < -0.4 is 5.32 Å². The number of carbonyl (C=O) groups excluding carboxylic acids is 1. The van der Waals surface area contributed by atoms with Gasteiger partial charge in [-0.25, -0.2) is 0 Å². The summed E-state index contributed by atoms with van der Waals surface area (Å²) >= 11 is 0. The molecule has 1 fully saturated rings. The second-order valence-electron chi connectivity index (χ2n) is 5.04. The quantitative estimate of drug-likeness (QED) is 0.585. The van der Waals surface area contributed by atoms with Crippen LogP contribution in [0.15, 0.2) is 0 Å². The second-order valence-corrected chi connectivity index (χ2v) is 5.04. The Morgan fingerprint density at radius 3 is 1.79 bits per heavy atom. The molecule has 1 rings (SSSR count). The van der Waals surface area contributed by atoms with Crippen LogP contribution in [0.2, 0.25) is 0 Å². The number of nitrogens with one attached hydrogen (secondary N) is 1. The van der Waals surface area contributed by atoms with E-state index < -0.39 is 54.5 Å². The third-order valence-corrected chi connectivity index (χ3v) is 3.75. The van der Waals surface area contributed by atoms with Gasteiger partial charge in [-0.2, -0.15) is 39.5 Å². The first-order chi connectivity index (χ1) is 10.6. The molecule has 0 aromatic rings. The summed E-state index contributed by atoms with van der Waals surface area (Å²) in [5.41, 5.74) is -6.19. The number of hydrogen-bond donors (Lipinski definition) is 2. The van der Waals surface area contributed by atoms with E-state index >= 15 is 0 Å². The Balaban J connectivity index is 3.46. The van der Waals surface area contributed by atoms with Gasteiger partial charge < -0.3 is 15.2 Å². The molecule has 4 nitrogen and oxygen atoms in total. The van der Waals surface area contributed by atoms with E-state index in [1.54, 1.807) is 5.32 Å². The minimum Gasteiger partial charge on any atom is -0.465 e. The molecule has 1 aliphatic rings. The minimum absolute atomic E-state index is 0.336. The van der Waals surface area contributed by atoms with Crippen molar-refractivity contribution in [2.24, 2.45) is 11.3 Å². The Morgan fingerprint density at radius 1 is 1.04 bits per heavy atom. The average molecular weight is 377 g/mol. The number of carbonyl (C=O) groups is 1. The SMILES string of the molecule is CCOC(=O)C1NC[C@H](C(C(F)(F)F)(C(F)(F)F)C(F)(F)F)C1O. The van der Waals surface area contributed by atoms with Crippen molar-refractivity contribution in [3.8, 4) is 0 Å². The fraction of sp³-hybridized carbons (Fsp3) is 0.909. The zero-order valence-electron chi connectivity index (χ0n) is 11.8. The summed E-state index contributed by atoms with van der Waals surface area (Å²) in [5.74, 6) is -4.86. The molecule has 0 saturated carbocycles. The molecule has 3 atom stereocenters. The van der Waals surface area contributed by atoms with Crippen LogP contribution in [0.5, 0.6) is 0 Å². The van der Waals surface area contributed by atoms with E-state index in [-0.39, 0.29) is 6.61 Å². The van der Waals surface area contributed by atoms with Crippen molar-refractivity contribution in [1.29, 1.82) is 0 Å². The number of halogens is 9. The van der Waals surface area contributed by atoms with Crippen molar-refractivity contribution in [2.45, 2.75) is 37.6 Å². The summed E-state index contributed by atoms with van der Waals surface area (Å²) in [5, 5.41) is 11.3. The third-order valence-electron chi connectivity index (χ3n) is 3.75. The molecule has 2 unspecified atom stereocenters. The van der Waals surface area contributed by atoms with Gasteiger partial charge in [0.25, 0.3) is 5.41 Å². The van der Waals surface area contributed by atoms with Crippen molar-refractivity contribution in [3.05, 3.63) is 0 Å². The molecule has 13 heteroatoms. The zero-order valence-corrected chi connectivity index (χ0v) is 11.8. The van der Waals surface area contributed by atoms with E-state index in [4.69, 9.17) is 0 Å². The lowest BCUT2D eigenvalue weighted by atomic mass is 9.70. The van der Waals surface area contributed by atoms with E-state index in [1.807, 2.05) is 0 Å². The second kappa shape index (κ2) is 6.24. The van der Waals surface area contributed by atoms with Crippen LogP contribution in [0.4, 0.5) is 39.5 Å². The van der Waals surface area contributed by atoms with Gasteiger partial charge in [-0.3, -0.25) is 4.79 Å². The van der Waals surface area contributed by atoms with E-state index in [1.165, 1.54) is 6.92 Å². The molecule has 1 saturated heterocycles. The van der Waals surface area contributed by atoms with Crippen molar-refractivity contribution >= 4 is 5.97 Å². The molecule has 0 bridgehead atoms. The first-order valence-electron chi connectivity index (χ1n) is 6.41. The molecule has 24 heavy (non-hydrogen) atoms. The first kappa shape index (κ1) is 20.8. The van der Waals surface area contributed by atoms with Crippen LogP contribution in [-0.4, -0.2) is 54.9 Å². The van der Waals surface area contributed by atoms with Crippen molar-refractivity contribution in [1.82, 2.24) is 5.32 Å². The fourth-order valence-corrected chi connectivity index (χ4v) is 2.70. The lowest BCUT2D eigenvalue weighted by Gasteiger charge is -2.43. The number of alkyl halides is 9. The number of aliphatic hydroxyl groups excluding tert-OH is 1. The van der Waals surface area contributed by atoms with Gasteiger partial charge in [0, 0.05) is 12.5 Å². The highest BCUT2D eigenvalue weighted by Crippen LogP contribution is 2.64. The molecule has 142 valence electrons. The van der Waals surface area contributed by atoms with Gasteiger partial charge in [0.05, 0.1) is 12.7 Å². The normalized spacial score (nSPS) is 26.5. The van der Waals surface area contributed by atoms with Crippen molar-refractivity contribution in [3.63, 3.8) is 0 Å². The van der Waals surface area contributed by atoms with E-state index in [0.29, 0.717) is 0 Å². The monoisotopic (exact) mass is 377 g/mol. The summed E-state index contributed by atoms with van der Waals surface area (Å²) in [6.07, 6.45) is -23.3. The summed E-state index contributed by atoms with van der Waals surface area (Å²) in [4.78, 5) is 11.4. The predicted octanol–water partition coefficient (Wildman–Crippen LogP) is 2.17. The largest absolute Gasteiger partial charge is 0.465 e. The van der Waals surface area contributed by atoms with Gasteiger partial charge in [0.1, 0.15) is 6.04 Å². The maximum Gasteiger partial charge on any atom is 0.412 e. The van der Waals surface area contributed by atoms with Crippen LogP contribution in [0, 0.1) is 11.3 Å². The molecule has 0 aromatic carbocycles. The highest BCUT2D eigenvalue weighted by atomic mass is 19.4. The average Bonchev–Trinajstić information content (AvgIpc) is 2.67. The van der Waals surface area contributed by atoms with E-state index in [9.17, 15) is 49.4 Å². The van der Waals surface area contributed by atoms with Gasteiger partial charge in [0.2, 0.25) is 0 Å². The molecule has 0 aromatic heterocycles. The first-order valence-corrected chi connectivity index (χ1v) is 6.41. The van der Waals surface area contributed by atoms with Crippen molar-refractivity contribution in [2.75, 3.05) is 13.2 Å². The molecule has 0 amide bonds. The van der Waals surface area contributed by atoms with Gasteiger partial charge in [0.15, 0.2) is 0 Å². The summed E-state index contributed by atoms with van der Waals surface area (Å²) < 4.78 is 121. The lowest BCUT2D eigenvalue weighted by Crippen LogP contribution is -2.66. The Bertz CT molecular complexity index is 435. The van der Waals surface area contributed by atoms with Crippen molar-refractivity contribution < 1.29 is 54.2 Å². The molecule has 1 heterocycles. The maximum absolute atomic E-state index is 13.0. The molecular formula is C11H12F9NO3. The van der Waals surface area contributed by atoms with Crippen LogP contribution in [0.1, 0.15) is 6.92 Å². The molecular weight excluding hydrogens is 365 g/mol. The van der Waals surface area contributed by atoms with Gasteiger partial charge >= 0.3 is 24.5 Å². The standard InChI is InChI=1S/C11H12F9NO3/c1-2-24-7(23)5-6(22)4(3-21-5)8(9(12,13)14,10(15,16)17)11(18,19)20/h4-6,21-22H,2-3H2,1H3/t4-,5?,6?/m0/s1. The number of esters is 1. The third kappa shape index (κ3) is 3.03. The number of aliphatic hydroxyl groups is 1. The molecule has 2 N–H and O–H groups in total. The molecule has 0 aliphatic carbocycles. The topological polar surface area (TPSA) is 58.6 Å². The Kier molecular flexibility index (Phi) is 5.41. The maximum atomic E-state index is 13.0. The van der Waals surface area contributed by atoms with Gasteiger partial charge in [-0.1, -0.05) is 0 Å². The Hall–Kier alpha value is -1.24. The minimum atomic E-state index is -6.81. The van der Waals surface area contributed by atoms with Crippen LogP contribution in [-0.2, 0) is 9.53 Å². The molecule has 1 aliphatic heterocycles. The predicted molar refractivity (Wildman–Crippen MR) is 58.5 cm³/mol. The summed E-state index contributed by atoms with van der Waals surface area (Å²) in [7, 11) is 0. The van der Waals surface area contributed by atoms with Gasteiger partial charge in [-0.15, -0.1) is 0 Å². The number of rotatable bonds is 3. The summed E-state index contributed by atoms with van der Waals surface area (Å²) in [6.45, 7) is -0.622. The molecule has 0 spiro atoms. The molecule has 0 radical (unpaired) electrons. The zero-order chi connectivity index (χ0) is 19.1. The number of hydrogen-bond acceptors (Lipinski definition) is 4. The highest BCUT2D eigenvalue weighted by molar-refractivity contribution is 5.77. The lowest BCUT2D eigenvalue weighted by molar-refractivity contribution is -0.445. The Morgan fingerprint density at radius 2 is 1.46 bits per heavy atom. The highest BCUT2D eigenvalue weighted by Gasteiger charge is 2.87. The van der Waals surface area contributed by atoms with Crippen LogP contribution in [0.25, 0.3) is 0 Å². The smallest absolute Gasteiger partial charge is 0.412 e. The fourth-order valence-electron chi connectivity index (χ4n) is 2.70. The van der Waals surface area contributed by atoms with Crippen LogP contribution in [0.3, 0.4) is 0 Å². The Labute approximate surface area is 128 Å². The number of ether oxygens (including phenoxy) is 1.